The van der Waals surface area contributed by atoms with Crippen LogP contribution in [0.1, 0.15) is 27.7 Å². The molecule has 84 valence electrons. The van der Waals surface area contributed by atoms with Crippen LogP contribution in [0.5, 0.6) is 0 Å². The van der Waals surface area contributed by atoms with Crippen LogP contribution in [-0.4, -0.2) is 12.8 Å². The van der Waals surface area contributed by atoms with E-state index in [0.29, 0.717) is 14.2 Å². The zero-order valence-corrected chi connectivity index (χ0v) is 11.0. The van der Waals surface area contributed by atoms with Crippen LogP contribution >= 0.6 is 0 Å². The summed E-state index contributed by atoms with van der Waals surface area (Å²) < 4.78 is 18.9. The van der Waals surface area contributed by atoms with Gasteiger partial charge in [-0.25, -0.2) is 0 Å². The normalized spacial score (nSPS) is 11.2. The number of carbonyl (C=O) groups excluding carboxylic acids is 2. The van der Waals surface area contributed by atoms with Crippen LogP contribution in [0.3, 0.4) is 0 Å². The van der Waals surface area contributed by atoms with E-state index in [1.54, 1.807) is 0 Å². The van der Waals surface area contributed by atoms with E-state index < -0.39 is 21.6 Å². The first-order valence-electron chi connectivity index (χ1n) is 4.79. The Kier molecular flexibility index (Phi) is 7.13. The molecule has 5 heteroatoms. The van der Waals surface area contributed by atoms with Crippen molar-refractivity contribution >= 4 is 12.8 Å². The zero-order valence-electron chi connectivity index (χ0n) is 9.46. The Morgan fingerprint density at radius 2 is 1.43 bits per heavy atom. The van der Waals surface area contributed by atoms with E-state index in [9.17, 15) is 8.12 Å². The van der Waals surface area contributed by atoms with E-state index in [0.717, 1.165) is 0 Å². The molecule has 0 aliphatic heterocycles. The summed E-state index contributed by atoms with van der Waals surface area (Å²) in [6.07, 6.45) is 0. The molecule has 14 heavy (non-hydrogen) atoms. The summed E-state index contributed by atoms with van der Waals surface area (Å²) in [5.74, 6) is -0.410. The monoisotopic (exact) mass is 240 g/mol. The molecule has 0 aromatic carbocycles. The predicted molar refractivity (Wildman–Crippen MR) is 51.0 cm³/mol. The second-order valence-electron chi connectivity index (χ2n) is 3.35. The molecule has 0 bridgehead atoms. The Bertz CT molecular complexity index is 225. The summed E-state index contributed by atoms with van der Waals surface area (Å²) in [7, 11) is 0. The summed E-state index contributed by atoms with van der Waals surface area (Å²) in [6, 6.07) is 0. The fourth-order valence-electron chi connectivity index (χ4n) is 1.33. The minimum absolute atomic E-state index is 0.410. The second-order valence-corrected chi connectivity index (χ2v) is 12.3. The number of rotatable bonds is 4. The fourth-order valence-corrected chi connectivity index (χ4v) is 5.48. The van der Waals surface area contributed by atoms with Crippen molar-refractivity contribution in [2.45, 2.75) is 41.9 Å². The van der Waals surface area contributed by atoms with Gasteiger partial charge in [0, 0.05) is 0 Å². The standard InChI is InChI=1S/C2H4O2.3C2H5.CH2O.O.Ti/c1-2(3)4;4*1-2;;/h1H3,(H,3,4);3*1H2,2H3;1H2;;/q;;;;;;+1/p-1. The van der Waals surface area contributed by atoms with Gasteiger partial charge in [-0.3, -0.25) is 0 Å². The molecule has 0 spiro atoms. The molecular weight excluding hydrogens is 220 g/mol. The van der Waals surface area contributed by atoms with Gasteiger partial charge in [0.2, 0.25) is 0 Å². The SMILES string of the molecule is C=O.C[CH2][Ti](=[O])([CH2]C)([CH2]C)[O]C(C)=O. The Morgan fingerprint density at radius 3 is 1.50 bits per heavy atom. The Balaban J connectivity index is 0. The first kappa shape index (κ1) is 16.1. The molecule has 0 heterocycles. The van der Waals surface area contributed by atoms with Crippen LogP contribution in [0.15, 0.2) is 0 Å². The molecule has 0 aliphatic rings. The third-order valence-corrected chi connectivity index (χ3v) is 11.4. The number of hydrogen-bond acceptors (Lipinski definition) is 4. The molecule has 0 rings (SSSR count). The van der Waals surface area contributed by atoms with Gasteiger partial charge < -0.3 is 4.79 Å². The maximum absolute atomic E-state index is 12.3. The van der Waals surface area contributed by atoms with Crippen molar-refractivity contribution in [3.8, 4) is 0 Å². The van der Waals surface area contributed by atoms with Gasteiger partial charge >= 0.3 is 74.9 Å². The fraction of sp³-hybridized carbons (Fsp3) is 0.778. The molecule has 0 N–H and O–H groups in total. The van der Waals surface area contributed by atoms with Gasteiger partial charge in [-0.2, -0.15) is 0 Å². The third kappa shape index (κ3) is 4.24. The van der Waals surface area contributed by atoms with Crippen molar-refractivity contribution in [3.63, 3.8) is 0 Å². The molecule has 0 aliphatic carbocycles. The third-order valence-electron chi connectivity index (χ3n) is 2.77. The zero-order chi connectivity index (χ0) is 11.9. The molecule has 0 aromatic heterocycles. The van der Waals surface area contributed by atoms with Crippen LogP contribution < -0.4 is 0 Å². The van der Waals surface area contributed by atoms with Gasteiger partial charge in [-0.1, -0.05) is 0 Å². The minimum atomic E-state index is -4.04. The maximum atomic E-state index is 12.3. The van der Waals surface area contributed by atoms with Crippen LogP contribution in [0.2, 0.25) is 14.2 Å². The van der Waals surface area contributed by atoms with Gasteiger partial charge in [0.25, 0.3) is 0 Å². The van der Waals surface area contributed by atoms with Crippen LogP contribution in [0.4, 0.5) is 0 Å². The van der Waals surface area contributed by atoms with Crippen molar-refractivity contribution in [1.29, 1.82) is 0 Å². The van der Waals surface area contributed by atoms with E-state index in [2.05, 4.69) is 0 Å². The van der Waals surface area contributed by atoms with Gasteiger partial charge in [0.15, 0.2) is 0 Å². The van der Waals surface area contributed by atoms with E-state index in [1.807, 2.05) is 27.6 Å². The predicted octanol–water partition coefficient (Wildman–Crippen LogP) is 2.63. The molecule has 0 aromatic rings. The summed E-state index contributed by atoms with van der Waals surface area (Å²) in [6.45, 7) is 8.82. The van der Waals surface area contributed by atoms with Gasteiger partial charge in [0.1, 0.15) is 6.79 Å². The molecule has 0 saturated carbocycles. The van der Waals surface area contributed by atoms with Crippen molar-refractivity contribution < 1.29 is 31.9 Å². The molecule has 0 amide bonds. The quantitative estimate of drug-likeness (QED) is 0.708. The van der Waals surface area contributed by atoms with Crippen LogP contribution in [0, 0.1) is 0 Å². The molecule has 0 radical (unpaired) electrons. The van der Waals surface area contributed by atoms with Gasteiger partial charge in [-0.05, 0) is 0 Å². The van der Waals surface area contributed by atoms with Gasteiger partial charge in [0.05, 0.1) is 0 Å². The first-order valence-corrected chi connectivity index (χ1v) is 9.37. The van der Waals surface area contributed by atoms with Crippen LogP contribution in [0.25, 0.3) is 0 Å². The average molecular weight is 240 g/mol. The summed E-state index contributed by atoms with van der Waals surface area (Å²) in [4.78, 5) is 18.8. The van der Waals surface area contributed by atoms with E-state index in [4.69, 9.17) is 8.11 Å². The van der Waals surface area contributed by atoms with Crippen molar-refractivity contribution in [3.05, 3.63) is 0 Å². The molecular formula is C9H20O4Ti. The average Bonchev–Trinajstić information content (AvgIpc) is 2.20. The molecule has 0 fully saturated rings. The van der Waals surface area contributed by atoms with Gasteiger partial charge in [-0.15, -0.1) is 0 Å². The van der Waals surface area contributed by atoms with Crippen molar-refractivity contribution in [2.24, 2.45) is 0 Å². The molecule has 0 unspecified atom stereocenters. The molecule has 0 atom stereocenters. The Morgan fingerprint density at radius 1 is 1.14 bits per heavy atom. The molecule has 0 saturated heterocycles. The summed E-state index contributed by atoms with van der Waals surface area (Å²) >= 11 is -4.04. The molecule has 4 nitrogen and oxygen atoms in total. The number of carbonyl (C=O) groups is 2. The summed E-state index contributed by atoms with van der Waals surface area (Å²) in [5, 5.41) is 0. The topological polar surface area (TPSA) is 60.4 Å². The Labute approximate surface area is 86.7 Å². The van der Waals surface area contributed by atoms with Crippen molar-refractivity contribution in [1.82, 2.24) is 0 Å². The summed E-state index contributed by atoms with van der Waals surface area (Å²) in [5.41, 5.74) is 0. The second kappa shape index (κ2) is 6.20. The van der Waals surface area contributed by atoms with E-state index in [1.165, 1.54) is 6.92 Å². The van der Waals surface area contributed by atoms with Crippen LogP contribution in [-0.2, 0) is 31.9 Å². The van der Waals surface area contributed by atoms with E-state index in [-0.39, 0.29) is 0 Å². The van der Waals surface area contributed by atoms with Crippen molar-refractivity contribution in [2.75, 3.05) is 0 Å². The number of hydrogen-bond donors (Lipinski definition) is 0. The first-order chi connectivity index (χ1) is 6.40. The van der Waals surface area contributed by atoms with E-state index >= 15 is 0 Å². The Hall–Kier alpha value is -0.346.